The molecule has 1 aromatic carbocycles. The zero-order valence-electron chi connectivity index (χ0n) is 10.6. The van der Waals surface area contributed by atoms with Crippen LogP contribution >= 0.6 is 15.9 Å². The molecule has 0 radical (unpaired) electrons. The average Bonchev–Trinajstić information content (AvgIpc) is 2.40. The Labute approximate surface area is 119 Å². The Bertz CT molecular complexity index is 470. The molecule has 0 bridgehead atoms. The van der Waals surface area contributed by atoms with Crippen LogP contribution in [0, 0.1) is 5.82 Å². The highest BCUT2D eigenvalue weighted by Gasteiger charge is 2.27. The van der Waals surface area contributed by atoms with Gasteiger partial charge in [0.1, 0.15) is 11.9 Å². The fourth-order valence-corrected chi connectivity index (χ4v) is 2.22. The first-order valence-corrected chi connectivity index (χ1v) is 6.94. The second-order valence-corrected chi connectivity index (χ2v) is 5.33. The van der Waals surface area contributed by atoms with Gasteiger partial charge in [-0.25, -0.2) is 4.39 Å². The summed E-state index contributed by atoms with van der Waals surface area (Å²) in [5, 5.41) is 5.89. The van der Waals surface area contributed by atoms with Gasteiger partial charge < -0.3 is 15.4 Å². The van der Waals surface area contributed by atoms with Crippen LogP contribution in [-0.4, -0.2) is 31.2 Å². The summed E-state index contributed by atoms with van der Waals surface area (Å²) in [5.41, 5.74) is 0.721. The number of halogens is 2. The highest BCUT2D eigenvalue weighted by Crippen LogP contribution is 2.16. The van der Waals surface area contributed by atoms with Crippen LogP contribution in [0.5, 0.6) is 0 Å². The van der Waals surface area contributed by atoms with E-state index >= 15 is 0 Å². The van der Waals surface area contributed by atoms with Gasteiger partial charge in [-0.1, -0.05) is 6.07 Å². The van der Waals surface area contributed by atoms with E-state index in [1.807, 2.05) is 6.92 Å². The molecule has 2 atom stereocenters. The smallest absolute Gasteiger partial charge is 0.240 e. The number of nitrogens with one attached hydrogen (secondary N) is 2. The molecule has 2 rings (SSSR count). The number of hydrogen-bond donors (Lipinski definition) is 2. The molecule has 1 heterocycles. The van der Waals surface area contributed by atoms with Crippen molar-refractivity contribution in [1.29, 1.82) is 0 Å². The first-order valence-electron chi connectivity index (χ1n) is 6.14. The van der Waals surface area contributed by atoms with Crippen LogP contribution in [0.1, 0.15) is 12.5 Å². The van der Waals surface area contributed by atoms with Crippen LogP contribution in [0.3, 0.4) is 0 Å². The van der Waals surface area contributed by atoms with Gasteiger partial charge in [0.15, 0.2) is 0 Å². The predicted molar refractivity (Wildman–Crippen MR) is 73.2 cm³/mol. The largest absolute Gasteiger partial charge is 0.375 e. The molecule has 0 saturated carbocycles. The molecule has 1 amide bonds. The summed E-state index contributed by atoms with van der Waals surface area (Å²) < 4.78 is 19.2. The van der Waals surface area contributed by atoms with Crippen molar-refractivity contribution < 1.29 is 13.9 Å². The minimum atomic E-state index is -0.353. The molecule has 0 aliphatic carbocycles. The second-order valence-electron chi connectivity index (χ2n) is 4.47. The number of hydrogen-bond acceptors (Lipinski definition) is 3. The maximum Gasteiger partial charge on any atom is 0.240 e. The lowest BCUT2D eigenvalue weighted by Gasteiger charge is -2.29. The van der Waals surface area contributed by atoms with Crippen molar-refractivity contribution >= 4 is 21.8 Å². The van der Waals surface area contributed by atoms with Crippen molar-refractivity contribution in [2.24, 2.45) is 0 Å². The van der Waals surface area contributed by atoms with E-state index in [1.165, 1.54) is 6.07 Å². The van der Waals surface area contributed by atoms with Gasteiger partial charge in [-0.2, -0.15) is 0 Å². The molecule has 4 nitrogen and oxygen atoms in total. The van der Waals surface area contributed by atoms with Crippen molar-refractivity contribution in [2.75, 3.05) is 13.2 Å². The van der Waals surface area contributed by atoms with Crippen LogP contribution in [-0.2, 0) is 16.1 Å². The minimum Gasteiger partial charge on any atom is -0.375 e. The first kappa shape index (κ1) is 14.4. The van der Waals surface area contributed by atoms with E-state index in [-0.39, 0.29) is 23.9 Å². The normalized spacial score (nSPS) is 23.1. The monoisotopic (exact) mass is 330 g/mol. The fourth-order valence-electron chi connectivity index (χ4n) is 1.98. The van der Waals surface area contributed by atoms with Crippen LogP contribution in [0.15, 0.2) is 22.7 Å². The van der Waals surface area contributed by atoms with Crippen molar-refractivity contribution in [2.45, 2.75) is 25.6 Å². The third-order valence-electron chi connectivity index (χ3n) is 3.05. The molecule has 2 N–H and O–H groups in total. The molecule has 19 heavy (non-hydrogen) atoms. The van der Waals surface area contributed by atoms with Crippen LogP contribution in [0.2, 0.25) is 0 Å². The first-order chi connectivity index (χ1) is 9.08. The Kier molecular flexibility index (Phi) is 4.90. The van der Waals surface area contributed by atoms with Crippen molar-refractivity contribution in [3.8, 4) is 0 Å². The molecule has 1 saturated heterocycles. The third kappa shape index (κ3) is 3.75. The summed E-state index contributed by atoms with van der Waals surface area (Å²) in [4.78, 5) is 12.0. The highest BCUT2D eigenvalue weighted by molar-refractivity contribution is 9.10. The minimum absolute atomic E-state index is 0.129. The maximum absolute atomic E-state index is 13.3. The number of carbonyl (C=O) groups is 1. The van der Waals surface area contributed by atoms with Crippen molar-refractivity contribution in [3.05, 3.63) is 34.1 Å². The van der Waals surface area contributed by atoms with E-state index in [0.717, 1.165) is 5.56 Å². The van der Waals surface area contributed by atoms with Gasteiger partial charge in [0.05, 0.1) is 17.2 Å². The molecule has 1 aromatic rings. The maximum atomic E-state index is 13.3. The molecule has 1 aliphatic heterocycles. The second kappa shape index (κ2) is 6.45. The Morgan fingerprint density at radius 2 is 2.42 bits per heavy atom. The summed E-state index contributed by atoms with van der Waals surface area (Å²) in [6, 6.07) is 4.44. The zero-order chi connectivity index (χ0) is 13.8. The summed E-state index contributed by atoms with van der Waals surface area (Å²) >= 11 is 3.09. The molecule has 1 fully saturated rings. The van der Waals surface area contributed by atoms with Gasteiger partial charge in [0.25, 0.3) is 0 Å². The topological polar surface area (TPSA) is 50.4 Å². The molecule has 6 heteroatoms. The Morgan fingerprint density at radius 1 is 1.63 bits per heavy atom. The summed E-state index contributed by atoms with van der Waals surface area (Å²) in [7, 11) is 0. The van der Waals surface area contributed by atoms with Gasteiger partial charge in [-0.05, 0) is 40.5 Å². The van der Waals surface area contributed by atoms with Gasteiger partial charge in [-0.3, -0.25) is 4.79 Å². The standard InChI is InChI=1S/C13H16BrFN2O2/c1-8-12(16-4-5-19-8)13(18)17-7-9-2-3-10(14)11(15)6-9/h2-3,6,8,12,16H,4-5,7H2,1H3,(H,17,18)/t8-,12+/m1/s1. The lowest BCUT2D eigenvalue weighted by atomic mass is 10.1. The molecule has 0 unspecified atom stereocenters. The Balaban J connectivity index is 1.90. The molecule has 0 aromatic heterocycles. The van der Waals surface area contributed by atoms with E-state index < -0.39 is 0 Å². The van der Waals surface area contributed by atoms with Gasteiger partial charge >= 0.3 is 0 Å². The number of ether oxygens (including phenoxy) is 1. The van der Waals surface area contributed by atoms with Crippen molar-refractivity contribution in [3.63, 3.8) is 0 Å². The summed E-state index contributed by atoms with van der Waals surface area (Å²) in [6.45, 7) is 3.43. The molecular weight excluding hydrogens is 315 g/mol. The number of morpholine rings is 1. The SMILES string of the molecule is C[C@H]1OCCN[C@@H]1C(=O)NCc1ccc(Br)c(F)c1. The number of carbonyl (C=O) groups excluding carboxylic acids is 1. The number of benzene rings is 1. The summed E-state index contributed by atoms with van der Waals surface area (Å²) in [5.74, 6) is -0.463. The summed E-state index contributed by atoms with van der Waals surface area (Å²) in [6.07, 6.45) is -0.157. The molecule has 0 spiro atoms. The van der Waals surface area contributed by atoms with Crippen LogP contribution in [0.4, 0.5) is 4.39 Å². The Morgan fingerprint density at radius 3 is 3.11 bits per heavy atom. The zero-order valence-corrected chi connectivity index (χ0v) is 12.2. The highest BCUT2D eigenvalue weighted by atomic mass is 79.9. The molecule has 1 aliphatic rings. The number of rotatable bonds is 3. The van der Waals surface area contributed by atoms with E-state index in [1.54, 1.807) is 12.1 Å². The van der Waals surface area contributed by atoms with Crippen LogP contribution in [0.25, 0.3) is 0 Å². The quantitative estimate of drug-likeness (QED) is 0.884. The lowest BCUT2D eigenvalue weighted by molar-refractivity contribution is -0.129. The van der Waals surface area contributed by atoms with E-state index in [9.17, 15) is 9.18 Å². The fraction of sp³-hybridized carbons (Fsp3) is 0.462. The van der Waals surface area contributed by atoms with Gasteiger partial charge in [-0.15, -0.1) is 0 Å². The van der Waals surface area contributed by atoms with E-state index in [2.05, 4.69) is 26.6 Å². The van der Waals surface area contributed by atoms with Crippen LogP contribution < -0.4 is 10.6 Å². The average molecular weight is 331 g/mol. The number of amides is 1. The Hall–Kier alpha value is -0.980. The molecular formula is C13H16BrFN2O2. The molecule has 104 valence electrons. The lowest BCUT2D eigenvalue weighted by Crippen LogP contribution is -2.55. The predicted octanol–water partition coefficient (Wildman–Crippen LogP) is 1.58. The van der Waals surface area contributed by atoms with Gasteiger partial charge in [0.2, 0.25) is 5.91 Å². The van der Waals surface area contributed by atoms with E-state index in [4.69, 9.17) is 4.74 Å². The van der Waals surface area contributed by atoms with Gasteiger partial charge in [0, 0.05) is 13.1 Å². The van der Waals surface area contributed by atoms with Crippen molar-refractivity contribution in [1.82, 2.24) is 10.6 Å². The third-order valence-corrected chi connectivity index (χ3v) is 3.69. The van der Waals surface area contributed by atoms with E-state index in [0.29, 0.717) is 24.2 Å².